The number of aliphatic hydroxyl groups is 20. The Morgan fingerprint density at radius 1 is 0.305 bits per heavy atom. The second-order valence-corrected chi connectivity index (χ2v) is 23.8. The molecule has 2 aromatic rings. The molecule has 35 atom stereocenters. The zero-order chi connectivity index (χ0) is 68.6. The Bertz CT molecular complexity index is 2410. The van der Waals surface area contributed by atoms with Gasteiger partial charge in [-0.15, -0.1) is 0 Å². The van der Waals surface area contributed by atoms with Gasteiger partial charge in [0, 0.05) is 6.54 Å². The highest BCUT2D eigenvalue weighted by Crippen LogP contribution is 2.40. The number of carbonyl (C=O) groups is 1. The number of para-hydroxylation sites is 2. The molecule has 24 rings (SSSR count). The molecule has 2 amide bonds. The van der Waals surface area contributed by atoms with Crippen molar-refractivity contribution in [2.45, 2.75) is 215 Å². The van der Waals surface area contributed by atoms with Crippen LogP contribution >= 0.6 is 0 Å². The van der Waals surface area contributed by atoms with Crippen LogP contribution in [0, 0.1) is 0 Å². The Morgan fingerprint density at radius 3 is 0.684 bits per heavy atom. The molecule has 0 aliphatic carbocycles. The number of nitrogens with two attached hydrogens (primary N) is 2. The summed E-state index contributed by atoms with van der Waals surface area (Å²) in [4.78, 5) is 13.3. The molecule has 0 radical (unpaired) electrons. The number of nitrogens with zero attached hydrogens (tertiary/aromatic N) is 1. The van der Waals surface area contributed by atoms with E-state index in [4.69, 9.17) is 77.8 Å². The molecule has 22 aliphatic heterocycles. The van der Waals surface area contributed by atoms with E-state index in [9.17, 15) is 107 Å². The van der Waals surface area contributed by atoms with Gasteiger partial charge < -0.3 is 180 Å². The second kappa shape index (κ2) is 31.7. The standard InChI is InChI=1S/C42H71NO34.C15H12N2O/c43-1-8-29-15(50)22(57)36(64-8)72-30-9(2-44)66-38(24(59)17(30)52)74-32-11(4-46)68-40(26(61)19(32)54)76-34-13(6-48)70-42(28(63)21(34)56)77-35-14(7-49)69-41(27(62)20(35)55)75-33-12(5-47)67-39(25(60)18(33)53)73-31-10(3-45)65-37(71-29)23(58)16(31)51;16-15(18)17-13-7-3-1-5-11(13)9-10-12-6-2-4-8-14(12)17/h8-42,44-63H,1-7,43H2;1-10H,(H2,16,18)/t8-,9-,10-,11-,12-,13-,14-,15-,16-,17-,18-,19-,20-,21-,22-,23-,24-,25-,26-,27-,28-,29-,30-,31-,32-,33-,34-,35-,36-,37-,38-,39-,40-,41-,42-;/m1./s1. The zero-order valence-electron chi connectivity index (χ0n) is 50.1. The zero-order valence-corrected chi connectivity index (χ0v) is 50.1. The third kappa shape index (κ3) is 14.8. The minimum Gasteiger partial charge on any atom is -0.394 e. The Labute approximate surface area is 538 Å². The molecule has 38 heteroatoms. The number of hydrogen-bond acceptors (Lipinski definition) is 36. The number of rotatable bonds is 7. The van der Waals surface area contributed by atoms with Crippen LogP contribution in [0.4, 0.5) is 16.2 Å². The van der Waals surface area contributed by atoms with E-state index >= 15 is 0 Å². The van der Waals surface area contributed by atoms with Crippen LogP contribution in [0.1, 0.15) is 11.1 Å². The molecule has 21 fully saturated rings. The van der Waals surface area contributed by atoms with Crippen LogP contribution in [-0.2, 0) is 66.3 Å². The summed E-state index contributed by atoms with van der Waals surface area (Å²) in [5.74, 6) is 0. The van der Waals surface area contributed by atoms with Crippen LogP contribution in [0.2, 0.25) is 0 Å². The van der Waals surface area contributed by atoms with Crippen molar-refractivity contribution in [3.63, 3.8) is 0 Å². The molecule has 2 aromatic carbocycles. The lowest BCUT2D eigenvalue weighted by molar-refractivity contribution is -0.396. The Morgan fingerprint density at radius 2 is 0.495 bits per heavy atom. The number of anilines is 2. The topological polar surface area (TPSA) is 606 Å². The molecule has 95 heavy (non-hydrogen) atoms. The first-order valence-electron chi connectivity index (χ1n) is 30.4. The van der Waals surface area contributed by atoms with E-state index < -0.39 is 267 Å². The number of primary amides is 1. The highest BCUT2D eigenvalue weighted by atomic mass is 16.8. The summed E-state index contributed by atoms with van der Waals surface area (Å²) in [6.07, 6.45) is -65.2. The summed E-state index contributed by atoms with van der Waals surface area (Å²) in [6.45, 7) is -6.75. The normalized spacial score (nSPS) is 47.3. The molecule has 536 valence electrons. The lowest BCUT2D eigenvalue weighted by atomic mass is 9.95. The molecule has 0 saturated carbocycles. The smallest absolute Gasteiger partial charge is 0.323 e. The van der Waals surface area contributed by atoms with Crippen LogP contribution in [0.3, 0.4) is 0 Å². The quantitative estimate of drug-likeness (QED) is 0.122. The number of hydrogen-bond donors (Lipinski definition) is 22. The molecular weight excluding hydrogens is 1290 g/mol. The van der Waals surface area contributed by atoms with Gasteiger partial charge in [0.1, 0.15) is 171 Å². The summed E-state index contributed by atoms with van der Waals surface area (Å²) < 4.78 is 79.9. The predicted octanol–water partition coefficient (Wildman–Crippen LogP) is -11.9. The summed E-state index contributed by atoms with van der Waals surface area (Å²) >= 11 is 0. The van der Waals surface area contributed by atoms with E-state index in [1.807, 2.05) is 60.7 Å². The van der Waals surface area contributed by atoms with Crippen molar-refractivity contribution in [3.05, 3.63) is 59.7 Å². The number of urea groups is 1. The first-order chi connectivity index (χ1) is 45.4. The Balaban J connectivity index is 0.000000466. The molecule has 0 aromatic heterocycles. The molecule has 0 spiro atoms. The monoisotopic (exact) mass is 1370 g/mol. The average Bonchev–Trinajstić information content (AvgIpc) is 1.23. The van der Waals surface area contributed by atoms with E-state index in [2.05, 4.69) is 0 Å². The van der Waals surface area contributed by atoms with E-state index in [1.54, 1.807) is 4.90 Å². The van der Waals surface area contributed by atoms with Crippen LogP contribution in [0.5, 0.6) is 0 Å². The van der Waals surface area contributed by atoms with Crippen molar-refractivity contribution >= 4 is 29.6 Å². The van der Waals surface area contributed by atoms with Gasteiger partial charge in [-0.3, -0.25) is 4.90 Å². The maximum atomic E-state index is 11.8. The van der Waals surface area contributed by atoms with E-state index in [0.717, 1.165) is 22.5 Å². The SMILES string of the molecule is NC(=O)N1c2ccccc2C=Cc2ccccc21.NC[C@H]1O[C@@H]2O[C@H]3[C@H](O)[C@@H](O)[C@@H](O[C@H]4[C@H](O)[C@@H](O)[C@@H](O[C@H]5[C@H](O)[C@@H](O)[C@@H](O[C@H]6[C@H](O)[C@@H](O)[C@@H](O[C@H]7[C@H](O)[C@@H](O)[C@@H](O[C@H]8[C@H](O)[C@@H](O)[C@@H](O[C@H]1[C@H](O)[C@H]2O)O[C@@H]8CO)O[C@@H]7CO)O[C@@H]6CO)O[C@@H]5CO)O[C@@H]4CO)O[C@@H]3CO. The Kier molecular flexibility index (Phi) is 24.6. The van der Waals surface area contributed by atoms with Crippen molar-refractivity contribution in [2.75, 3.05) is 51.1 Å². The van der Waals surface area contributed by atoms with Gasteiger partial charge in [-0.25, -0.2) is 4.79 Å². The molecule has 24 N–H and O–H groups in total. The number of amides is 2. The molecule has 0 unspecified atom stereocenters. The number of fused-ring (bicyclic) bond motifs is 2. The summed E-state index contributed by atoms with van der Waals surface area (Å²) in [7, 11) is 0. The summed E-state index contributed by atoms with van der Waals surface area (Å²) in [5.41, 5.74) is 15.0. The van der Waals surface area contributed by atoms with Crippen LogP contribution < -0.4 is 16.4 Å². The van der Waals surface area contributed by atoms with Gasteiger partial charge in [-0.1, -0.05) is 48.6 Å². The molecule has 22 heterocycles. The molecule has 22 aliphatic rings. The van der Waals surface area contributed by atoms with Crippen LogP contribution in [-0.4, -0.2) is 369 Å². The van der Waals surface area contributed by atoms with Gasteiger partial charge in [0.05, 0.1) is 51.0 Å². The van der Waals surface area contributed by atoms with Crippen molar-refractivity contribution in [2.24, 2.45) is 11.5 Å². The maximum absolute atomic E-state index is 11.8. The first kappa shape index (κ1) is 73.8. The van der Waals surface area contributed by atoms with Gasteiger partial charge in [0.15, 0.2) is 44.0 Å². The van der Waals surface area contributed by atoms with Crippen molar-refractivity contribution < 1.29 is 173 Å². The highest BCUT2D eigenvalue weighted by Gasteiger charge is 2.59. The Hall–Kier alpha value is -3.95. The largest absolute Gasteiger partial charge is 0.394 e. The molecule has 38 nitrogen and oxygen atoms in total. The van der Waals surface area contributed by atoms with Crippen LogP contribution in [0.25, 0.3) is 12.2 Å². The van der Waals surface area contributed by atoms with Gasteiger partial charge in [-0.2, -0.15) is 0 Å². The predicted molar refractivity (Wildman–Crippen MR) is 304 cm³/mol. The van der Waals surface area contributed by atoms with E-state index in [1.165, 1.54) is 0 Å². The molecular formula is C57H83N3O35. The fraction of sp³-hybridized carbons (Fsp3) is 0.737. The van der Waals surface area contributed by atoms with Crippen molar-refractivity contribution in [1.29, 1.82) is 0 Å². The molecule has 14 bridgehead atoms. The minimum atomic E-state index is -2.20. The van der Waals surface area contributed by atoms with Crippen molar-refractivity contribution in [3.8, 4) is 0 Å². The third-order valence-corrected chi connectivity index (χ3v) is 17.9. The van der Waals surface area contributed by atoms with Gasteiger partial charge in [0.25, 0.3) is 0 Å². The molecule has 21 saturated heterocycles. The lowest BCUT2D eigenvalue weighted by Crippen LogP contribution is -2.68. The third-order valence-electron chi connectivity index (χ3n) is 17.9. The van der Waals surface area contributed by atoms with E-state index in [0.29, 0.717) is 0 Å². The van der Waals surface area contributed by atoms with E-state index in [-0.39, 0.29) is 0 Å². The van der Waals surface area contributed by atoms with Crippen LogP contribution in [0.15, 0.2) is 48.5 Å². The fourth-order valence-corrected chi connectivity index (χ4v) is 12.7. The number of benzene rings is 2. The minimum absolute atomic E-state index is 0.474. The summed E-state index contributed by atoms with van der Waals surface area (Å²) in [6, 6.07) is 14.9. The number of ether oxygens (including phenoxy) is 14. The van der Waals surface area contributed by atoms with Gasteiger partial charge in [-0.05, 0) is 23.3 Å². The first-order valence-corrected chi connectivity index (χ1v) is 30.4. The fourth-order valence-electron chi connectivity index (χ4n) is 12.7. The highest BCUT2D eigenvalue weighted by molar-refractivity contribution is 6.04. The maximum Gasteiger partial charge on any atom is 0.323 e. The van der Waals surface area contributed by atoms with Crippen molar-refractivity contribution in [1.82, 2.24) is 0 Å². The lowest BCUT2D eigenvalue weighted by Gasteiger charge is -2.50. The number of carbonyl (C=O) groups excluding carboxylic acids is 1. The average molecular weight is 1370 g/mol. The van der Waals surface area contributed by atoms with Gasteiger partial charge >= 0.3 is 6.03 Å². The number of aliphatic hydroxyl groups excluding tert-OH is 20. The second-order valence-electron chi connectivity index (χ2n) is 23.8. The summed E-state index contributed by atoms with van der Waals surface area (Å²) in [5, 5.41) is 220. The van der Waals surface area contributed by atoms with Gasteiger partial charge in [0.2, 0.25) is 0 Å².